The van der Waals surface area contributed by atoms with Crippen LogP contribution in [0.2, 0.25) is 0 Å². The Bertz CT molecular complexity index is 2050. The number of hydrogen-bond acceptors (Lipinski definition) is 14. The first-order valence-corrected chi connectivity index (χ1v) is 17.7. The van der Waals surface area contributed by atoms with E-state index in [9.17, 15) is 33.9 Å². The number of thioether (sulfide) groups is 1. The van der Waals surface area contributed by atoms with Gasteiger partial charge in [0.25, 0.3) is 5.56 Å². The first-order chi connectivity index (χ1) is 24.9. The molecule has 3 aliphatic heterocycles. The highest BCUT2D eigenvalue weighted by molar-refractivity contribution is 7.98. The van der Waals surface area contributed by atoms with Gasteiger partial charge >= 0.3 is 17.9 Å². The van der Waals surface area contributed by atoms with Gasteiger partial charge in [0.15, 0.2) is 17.1 Å². The number of esters is 2. The monoisotopic (exact) mass is 739 g/mol. The Labute approximate surface area is 300 Å². The predicted octanol–water partition coefficient (Wildman–Crippen LogP) is 0.398. The van der Waals surface area contributed by atoms with Crippen molar-refractivity contribution in [3.63, 3.8) is 0 Å². The van der Waals surface area contributed by atoms with Gasteiger partial charge < -0.3 is 50.1 Å². The van der Waals surface area contributed by atoms with Crippen LogP contribution in [0.1, 0.15) is 55.4 Å². The first kappa shape index (κ1) is 36.6. The summed E-state index contributed by atoms with van der Waals surface area (Å²) < 4.78 is 22.8. The lowest BCUT2D eigenvalue weighted by Crippen LogP contribution is -2.49. The zero-order chi connectivity index (χ0) is 37.3. The quantitative estimate of drug-likeness (QED) is 0.110. The average Bonchev–Trinajstić information content (AvgIpc) is 3.74. The number of nitrogens with one attached hydrogen (secondary N) is 2. The minimum atomic E-state index is -2.00. The maximum atomic E-state index is 13.8. The molecule has 0 saturated heterocycles. The first-order valence-electron chi connectivity index (χ1n) is 16.6. The van der Waals surface area contributed by atoms with E-state index >= 15 is 0 Å². The molecule has 3 atom stereocenters. The fourth-order valence-corrected chi connectivity index (χ4v) is 7.47. The van der Waals surface area contributed by atoms with Crippen molar-refractivity contribution < 1.29 is 53.1 Å². The summed E-state index contributed by atoms with van der Waals surface area (Å²) in [6.45, 7) is 2.79. The molecule has 0 saturated carbocycles. The van der Waals surface area contributed by atoms with Crippen molar-refractivity contribution in [2.45, 2.75) is 69.7 Å². The Balaban J connectivity index is 1.33. The van der Waals surface area contributed by atoms with Gasteiger partial charge in [-0.1, -0.05) is 6.92 Å². The number of amides is 2. The molecule has 3 aromatic rings. The number of aliphatic hydroxyl groups is 1. The van der Waals surface area contributed by atoms with E-state index in [1.165, 1.54) is 16.3 Å². The standard InChI is InChI=1S/C34H37N5O12S/c1-3-34(47)20-8-24-29-17(11-39(24)31(43)18(20)12-49-33(34)46)19(16-7-25-26(51-15-50-25)9-22(16)38-29)13-52-14-23(30(42)36-10-28(41)48-4-2)37-27(40)6-5-21(35)32(44)45/h7-9,21,23,47H,3-6,10-15,35H2,1-2H3,(H,36,42)(H,37,40)(H,44,45)/t21?,23?,34-/m0/s1. The molecule has 2 amide bonds. The van der Waals surface area contributed by atoms with Crippen molar-refractivity contribution in [1.29, 1.82) is 0 Å². The second kappa shape index (κ2) is 14.8. The molecule has 3 aliphatic rings. The van der Waals surface area contributed by atoms with Crippen molar-refractivity contribution in [3.05, 3.63) is 50.8 Å². The van der Waals surface area contributed by atoms with Crippen LogP contribution >= 0.6 is 11.8 Å². The summed E-state index contributed by atoms with van der Waals surface area (Å²) in [5, 5.41) is 26.2. The fourth-order valence-electron chi connectivity index (χ4n) is 6.35. The topological polar surface area (TPSA) is 248 Å². The van der Waals surface area contributed by atoms with E-state index in [1.54, 1.807) is 32.0 Å². The normalized spacial score (nSPS) is 17.7. The zero-order valence-corrected chi connectivity index (χ0v) is 29.1. The molecule has 18 heteroatoms. The van der Waals surface area contributed by atoms with Crippen LogP contribution in [0.25, 0.3) is 22.3 Å². The van der Waals surface area contributed by atoms with Crippen LogP contribution in [-0.4, -0.2) is 87.3 Å². The third-order valence-electron chi connectivity index (χ3n) is 9.19. The molecule has 0 spiro atoms. The van der Waals surface area contributed by atoms with Gasteiger partial charge in [0, 0.05) is 40.5 Å². The summed E-state index contributed by atoms with van der Waals surface area (Å²) in [6.07, 6.45) is -0.422. The highest BCUT2D eigenvalue weighted by Crippen LogP contribution is 2.44. The van der Waals surface area contributed by atoms with Crippen LogP contribution in [0.15, 0.2) is 23.0 Å². The summed E-state index contributed by atoms with van der Waals surface area (Å²) in [7, 11) is 0. The van der Waals surface area contributed by atoms with Crippen molar-refractivity contribution in [3.8, 4) is 22.9 Å². The molecule has 6 N–H and O–H groups in total. The molecular formula is C34H37N5O12S. The Kier molecular flexibility index (Phi) is 10.4. The second-order valence-corrected chi connectivity index (χ2v) is 13.4. The van der Waals surface area contributed by atoms with Crippen LogP contribution in [0.4, 0.5) is 0 Å². The molecule has 0 aliphatic carbocycles. The Morgan fingerprint density at radius 3 is 2.58 bits per heavy atom. The lowest BCUT2D eigenvalue weighted by molar-refractivity contribution is -0.172. The molecule has 6 rings (SSSR count). The average molecular weight is 740 g/mol. The van der Waals surface area contributed by atoms with Gasteiger partial charge in [-0.15, -0.1) is 0 Å². The number of ether oxygens (including phenoxy) is 4. The number of carbonyl (C=O) groups is 5. The number of benzene rings is 1. The number of hydrogen-bond donors (Lipinski definition) is 5. The van der Waals surface area contributed by atoms with Crippen LogP contribution in [0.3, 0.4) is 0 Å². The predicted molar refractivity (Wildman–Crippen MR) is 183 cm³/mol. The molecule has 1 aromatic carbocycles. The minimum Gasteiger partial charge on any atom is -0.480 e. The maximum Gasteiger partial charge on any atom is 0.343 e. The third kappa shape index (κ3) is 6.88. The molecule has 2 unspecified atom stereocenters. The third-order valence-corrected chi connectivity index (χ3v) is 10.3. The van der Waals surface area contributed by atoms with Gasteiger partial charge in [0.1, 0.15) is 25.2 Å². The molecular weight excluding hydrogens is 702 g/mol. The van der Waals surface area contributed by atoms with Crippen molar-refractivity contribution in [2.24, 2.45) is 5.73 Å². The molecule has 276 valence electrons. The van der Waals surface area contributed by atoms with E-state index in [-0.39, 0.29) is 68.4 Å². The molecule has 5 heterocycles. The van der Waals surface area contributed by atoms with E-state index in [0.717, 1.165) is 5.56 Å². The Morgan fingerprint density at radius 1 is 1.12 bits per heavy atom. The number of carboxylic acids is 1. The molecule has 52 heavy (non-hydrogen) atoms. The van der Waals surface area contributed by atoms with Gasteiger partial charge in [0.05, 0.1) is 35.6 Å². The molecule has 0 radical (unpaired) electrons. The summed E-state index contributed by atoms with van der Waals surface area (Å²) in [4.78, 5) is 80.5. The van der Waals surface area contributed by atoms with Crippen LogP contribution in [0.5, 0.6) is 11.5 Å². The number of fused-ring (bicyclic) bond motifs is 6. The highest BCUT2D eigenvalue weighted by Gasteiger charge is 2.45. The molecule has 0 bridgehead atoms. The Morgan fingerprint density at radius 2 is 1.87 bits per heavy atom. The summed E-state index contributed by atoms with van der Waals surface area (Å²) >= 11 is 1.28. The molecule has 17 nitrogen and oxygen atoms in total. The lowest BCUT2D eigenvalue weighted by atomic mass is 9.86. The summed E-state index contributed by atoms with van der Waals surface area (Å²) in [5.74, 6) is -2.77. The van der Waals surface area contributed by atoms with Gasteiger partial charge in [-0.2, -0.15) is 11.8 Å². The van der Waals surface area contributed by atoms with E-state index < -0.39 is 59.5 Å². The number of nitrogens with zero attached hydrogens (tertiary/aromatic N) is 2. The number of nitrogens with two attached hydrogens (primary N) is 1. The van der Waals surface area contributed by atoms with Gasteiger partial charge in [0.2, 0.25) is 18.6 Å². The fraction of sp³-hybridized carbons (Fsp3) is 0.441. The minimum absolute atomic E-state index is 0.0114. The zero-order valence-electron chi connectivity index (χ0n) is 28.3. The lowest BCUT2D eigenvalue weighted by Gasteiger charge is -2.31. The second-order valence-electron chi connectivity index (χ2n) is 12.4. The summed E-state index contributed by atoms with van der Waals surface area (Å²) in [6, 6.07) is 2.73. The number of carbonyl (C=O) groups excluding carboxylic acids is 4. The number of aliphatic carboxylic acids is 1. The number of cyclic esters (lactones) is 1. The number of aromatic nitrogens is 2. The van der Waals surface area contributed by atoms with E-state index in [1.807, 2.05) is 0 Å². The van der Waals surface area contributed by atoms with Gasteiger partial charge in [-0.3, -0.25) is 24.0 Å². The van der Waals surface area contributed by atoms with Crippen molar-refractivity contribution >= 4 is 52.4 Å². The number of carboxylic acid groups (broad SMARTS) is 1. The van der Waals surface area contributed by atoms with Crippen molar-refractivity contribution in [1.82, 2.24) is 20.2 Å². The van der Waals surface area contributed by atoms with E-state index in [4.69, 9.17) is 34.8 Å². The molecule has 0 fully saturated rings. The largest absolute Gasteiger partial charge is 0.480 e. The van der Waals surface area contributed by atoms with Crippen LogP contribution in [-0.2, 0) is 58.0 Å². The van der Waals surface area contributed by atoms with E-state index in [0.29, 0.717) is 39.4 Å². The number of rotatable bonds is 14. The smallest absolute Gasteiger partial charge is 0.343 e. The van der Waals surface area contributed by atoms with Gasteiger partial charge in [-0.25, -0.2) is 9.78 Å². The van der Waals surface area contributed by atoms with E-state index in [2.05, 4.69) is 10.6 Å². The number of pyridine rings is 2. The SMILES string of the molecule is CCOC(=O)CNC(=O)C(CSCc1c2c(nc3cc4c(cc13)OCO4)-c1cc3c(c(=O)n1C2)COC(=O)[C@]3(O)CC)NC(=O)CCC(N)C(=O)O. The van der Waals surface area contributed by atoms with Crippen LogP contribution in [0, 0.1) is 0 Å². The van der Waals surface area contributed by atoms with Crippen LogP contribution < -0.4 is 31.4 Å². The molecule has 2 aromatic heterocycles. The van der Waals surface area contributed by atoms with Crippen molar-refractivity contribution in [2.75, 3.05) is 25.7 Å². The highest BCUT2D eigenvalue weighted by atomic mass is 32.2. The summed E-state index contributed by atoms with van der Waals surface area (Å²) in [5.41, 5.74) is 6.32. The Hall–Kier alpha value is -5.20. The maximum absolute atomic E-state index is 13.8. The van der Waals surface area contributed by atoms with Gasteiger partial charge in [-0.05, 0) is 37.5 Å².